The Kier molecular flexibility index (Phi) is 10.1. The SMILES string of the molecule is CC1c2c(ncc3c(N4CC5CCC(C4)N5)nc(OCCN4CCC(CN5CCN(c6cccc7c6CN(C6CCC(=O)NC6=O)C7=O)CC5)CC4)nc23)-c2cc(O)cc3cccc1c23. The molecule has 15 heteroatoms. The van der Waals surface area contributed by atoms with Gasteiger partial charge in [0.15, 0.2) is 0 Å². The number of nitrogens with zero attached hydrogens (tertiary/aromatic N) is 8. The first-order valence-electron chi connectivity index (χ1n) is 23.8. The lowest BCUT2D eigenvalue weighted by Gasteiger charge is -2.40. The van der Waals surface area contributed by atoms with Gasteiger partial charge in [-0.05, 0) is 91.7 Å². The number of fused-ring (bicyclic) bond motifs is 7. The number of phenolic OH excluding ortho intramolecular Hbond substituents is 1. The molecular formula is C50H56N10O5. The van der Waals surface area contributed by atoms with E-state index in [2.05, 4.69) is 61.4 Å². The molecule has 8 heterocycles. The van der Waals surface area contributed by atoms with Crippen LogP contribution >= 0.6 is 0 Å². The van der Waals surface area contributed by atoms with Crippen LogP contribution in [0.5, 0.6) is 11.8 Å². The van der Waals surface area contributed by atoms with E-state index < -0.39 is 6.04 Å². The number of piperazine rings is 2. The molecule has 5 fully saturated rings. The van der Waals surface area contributed by atoms with E-state index in [1.807, 2.05) is 30.5 Å². The molecule has 0 saturated carbocycles. The number of phenols is 1. The number of pyridine rings is 1. The maximum atomic E-state index is 13.4. The minimum atomic E-state index is -0.609. The van der Waals surface area contributed by atoms with Gasteiger partial charge in [-0.3, -0.25) is 34.5 Å². The van der Waals surface area contributed by atoms with Gasteiger partial charge in [-0.2, -0.15) is 9.97 Å². The summed E-state index contributed by atoms with van der Waals surface area (Å²) in [4.78, 5) is 64.8. The second kappa shape index (κ2) is 16.2. The van der Waals surface area contributed by atoms with Crippen LogP contribution in [-0.4, -0.2) is 143 Å². The van der Waals surface area contributed by atoms with Crippen LogP contribution in [0, 0.1) is 5.92 Å². The maximum Gasteiger partial charge on any atom is 0.319 e. The predicted molar refractivity (Wildman–Crippen MR) is 247 cm³/mol. The van der Waals surface area contributed by atoms with Crippen molar-refractivity contribution in [3.8, 4) is 23.0 Å². The number of hydrogen-bond donors (Lipinski definition) is 3. The summed E-state index contributed by atoms with van der Waals surface area (Å²) in [6, 6.07) is 16.6. The van der Waals surface area contributed by atoms with E-state index in [1.165, 1.54) is 18.4 Å². The number of likely N-dealkylation sites (tertiary alicyclic amines) is 1. The van der Waals surface area contributed by atoms with E-state index in [0.717, 1.165) is 134 Å². The Morgan fingerprint density at radius 3 is 2.45 bits per heavy atom. The van der Waals surface area contributed by atoms with Crippen molar-refractivity contribution in [3.63, 3.8) is 0 Å². The molecule has 5 saturated heterocycles. The van der Waals surface area contributed by atoms with Crippen LogP contribution in [0.4, 0.5) is 11.5 Å². The van der Waals surface area contributed by atoms with E-state index in [4.69, 9.17) is 19.7 Å². The monoisotopic (exact) mass is 876 g/mol. The zero-order valence-electron chi connectivity index (χ0n) is 37.0. The van der Waals surface area contributed by atoms with E-state index in [0.29, 0.717) is 49.1 Å². The number of benzene rings is 3. The summed E-state index contributed by atoms with van der Waals surface area (Å²) in [5, 5.41) is 20.1. The predicted octanol–water partition coefficient (Wildman–Crippen LogP) is 4.63. The minimum Gasteiger partial charge on any atom is -0.508 e. The fourth-order valence-electron chi connectivity index (χ4n) is 12.2. The van der Waals surface area contributed by atoms with Gasteiger partial charge in [0.25, 0.3) is 5.91 Å². The van der Waals surface area contributed by atoms with E-state index in [-0.39, 0.29) is 35.8 Å². The van der Waals surface area contributed by atoms with Gasteiger partial charge in [-0.25, -0.2) is 0 Å². The molecule has 336 valence electrons. The quantitative estimate of drug-likeness (QED) is 0.176. The number of aromatic nitrogens is 3. The number of piperidine rings is 2. The Morgan fingerprint density at radius 1 is 0.846 bits per heavy atom. The highest BCUT2D eigenvalue weighted by atomic mass is 16.5. The largest absolute Gasteiger partial charge is 0.508 e. The van der Waals surface area contributed by atoms with Crippen LogP contribution in [0.15, 0.2) is 54.7 Å². The lowest BCUT2D eigenvalue weighted by Crippen LogP contribution is -2.52. The van der Waals surface area contributed by atoms with Crippen LogP contribution in [0.3, 0.4) is 0 Å². The molecule has 2 bridgehead atoms. The molecule has 2 aromatic heterocycles. The van der Waals surface area contributed by atoms with Gasteiger partial charge in [0.1, 0.15) is 24.2 Å². The fraction of sp³-hybridized carbons (Fsp3) is 0.480. The van der Waals surface area contributed by atoms with Crippen molar-refractivity contribution in [2.24, 2.45) is 5.92 Å². The van der Waals surface area contributed by atoms with Gasteiger partial charge >= 0.3 is 6.01 Å². The number of rotatable bonds is 9. The minimum absolute atomic E-state index is 0.0401. The number of amides is 3. The van der Waals surface area contributed by atoms with Gasteiger partial charge in [0, 0.05) is 117 Å². The lowest BCUT2D eigenvalue weighted by atomic mass is 9.79. The molecule has 4 unspecified atom stereocenters. The van der Waals surface area contributed by atoms with Gasteiger partial charge < -0.3 is 29.9 Å². The van der Waals surface area contributed by atoms with Crippen molar-refractivity contribution < 1.29 is 24.2 Å². The molecule has 1 aliphatic carbocycles. The Labute approximate surface area is 378 Å². The summed E-state index contributed by atoms with van der Waals surface area (Å²) < 4.78 is 6.53. The molecule has 65 heavy (non-hydrogen) atoms. The Morgan fingerprint density at radius 2 is 1.65 bits per heavy atom. The Hall–Kier alpha value is -5.90. The smallest absolute Gasteiger partial charge is 0.319 e. The standard InChI is InChI=1S/C50H56N10O5/c1-29-35-5-2-4-31-22-34(61)23-37(44(31)35)45-43(29)46-38(24-51-45)47(59-26-32-8-9-33(27-59)52-32)55-50(54-46)65-21-20-56-14-12-30(13-15-56)25-57-16-18-58(19-17-57)40-7-3-6-36-39(40)28-60(49(36)64)41-10-11-42(62)53-48(41)63/h2-7,22-24,29-30,32-33,41,52,61H,8-21,25-28H2,1H3,(H,53,62,63). The normalized spacial score (nSPS) is 24.8. The summed E-state index contributed by atoms with van der Waals surface area (Å²) >= 11 is 0. The first kappa shape index (κ1) is 40.6. The Balaban J connectivity index is 0.687. The molecule has 3 aromatic carbocycles. The molecule has 3 N–H and O–H groups in total. The number of anilines is 2. The molecule has 4 atom stereocenters. The van der Waals surface area contributed by atoms with E-state index in [1.54, 1.807) is 4.90 Å². The number of carbonyl (C=O) groups excluding carboxylic acids is 3. The molecule has 5 aromatic rings. The van der Waals surface area contributed by atoms with Gasteiger partial charge in [-0.15, -0.1) is 0 Å². The topological polar surface area (TPSA) is 160 Å². The van der Waals surface area contributed by atoms with E-state index in [9.17, 15) is 19.5 Å². The molecule has 15 nitrogen and oxygen atoms in total. The zero-order valence-corrected chi connectivity index (χ0v) is 37.0. The number of hydrogen-bond acceptors (Lipinski definition) is 13. The summed E-state index contributed by atoms with van der Waals surface area (Å²) in [5.41, 5.74) is 7.68. The number of aromatic hydroxyl groups is 1. The summed E-state index contributed by atoms with van der Waals surface area (Å²) in [6.07, 6.45) is 7.20. The first-order valence-corrected chi connectivity index (χ1v) is 23.8. The van der Waals surface area contributed by atoms with Gasteiger partial charge in [0.05, 0.1) is 16.6 Å². The summed E-state index contributed by atoms with van der Waals surface area (Å²) in [6.45, 7) is 12.6. The summed E-state index contributed by atoms with van der Waals surface area (Å²) in [7, 11) is 0. The van der Waals surface area contributed by atoms with Crippen LogP contribution in [-0.2, 0) is 16.1 Å². The molecule has 6 aliphatic heterocycles. The average Bonchev–Trinajstić information content (AvgIpc) is 3.84. The van der Waals surface area contributed by atoms with Gasteiger partial charge in [0.2, 0.25) is 11.8 Å². The average molecular weight is 877 g/mol. The van der Waals surface area contributed by atoms with Crippen molar-refractivity contribution in [1.82, 2.24) is 40.3 Å². The number of imide groups is 1. The van der Waals surface area contributed by atoms with Gasteiger partial charge in [-0.1, -0.05) is 31.2 Å². The van der Waals surface area contributed by atoms with Crippen molar-refractivity contribution in [1.29, 1.82) is 0 Å². The molecule has 3 amide bonds. The zero-order chi connectivity index (χ0) is 43.9. The highest BCUT2D eigenvalue weighted by Gasteiger charge is 2.41. The van der Waals surface area contributed by atoms with Crippen LogP contribution in [0.1, 0.15) is 78.4 Å². The third kappa shape index (κ3) is 7.22. The highest BCUT2D eigenvalue weighted by Crippen LogP contribution is 2.49. The molecule has 0 spiro atoms. The second-order valence-electron chi connectivity index (χ2n) is 19.4. The van der Waals surface area contributed by atoms with E-state index >= 15 is 0 Å². The van der Waals surface area contributed by atoms with Crippen LogP contribution < -0.4 is 25.2 Å². The molecule has 0 radical (unpaired) electrons. The second-order valence-corrected chi connectivity index (χ2v) is 19.4. The lowest BCUT2D eigenvalue weighted by molar-refractivity contribution is -0.136. The number of nitrogens with one attached hydrogen (secondary N) is 2. The van der Waals surface area contributed by atoms with Crippen molar-refractivity contribution in [3.05, 3.63) is 77.0 Å². The fourth-order valence-corrected chi connectivity index (χ4v) is 12.2. The third-order valence-corrected chi connectivity index (χ3v) is 15.5. The number of ether oxygens (including phenoxy) is 1. The highest BCUT2D eigenvalue weighted by molar-refractivity contribution is 6.07. The van der Waals surface area contributed by atoms with Crippen LogP contribution in [0.2, 0.25) is 0 Å². The van der Waals surface area contributed by atoms with Crippen molar-refractivity contribution in [2.45, 2.75) is 76.0 Å². The molecule has 12 rings (SSSR count). The summed E-state index contributed by atoms with van der Waals surface area (Å²) in [5.74, 6) is 1.03. The Bertz CT molecular complexity index is 2740. The third-order valence-electron chi connectivity index (χ3n) is 15.5. The number of carbonyl (C=O) groups is 3. The van der Waals surface area contributed by atoms with Crippen molar-refractivity contribution >= 4 is 50.9 Å². The molecular weight excluding hydrogens is 821 g/mol. The molecule has 7 aliphatic rings. The van der Waals surface area contributed by atoms with Crippen molar-refractivity contribution in [2.75, 3.05) is 81.9 Å². The maximum absolute atomic E-state index is 13.4. The van der Waals surface area contributed by atoms with Crippen LogP contribution in [0.25, 0.3) is 32.9 Å². The first-order chi connectivity index (χ1) is 31.7.